The highest BCUT2D eigenvalue weighted by atomic mass is 35.5. The first-order valence-electron chi connectivity index (χ1n) is 2.87. The van der Waals surface area contributed by atoms with Gasteiger partial charge in [0, 0.05) is 10.7 Å². The number of hydrogen-bond donors (Lipinski definition) is 2. The fraction of sp³-hybridized carbons (Fsp3) is 0. The Balaban J connectivity index is 3.35. The van der Waals surface area contributed by atoms with Crippen LogP contribution in [-0.2, 0) is 0 Å². The second-order valence-corrected chi connectivity index (χ2v) is 2.45. The Morgan fingerprint density at radius 2 is 1.82 bits per heavy atom. The molecule has 0 aromatic heterocycles. The van der Waals surface area contributed by atoms with Crippen LogP contribution in [0.3, 0.4) is 0 Å². The number of rotatable bonds is 0. The lowest BCUT2D eigenvalue weighted by molar-refractivity contribution is 1.67. The molecule has 0 unspecified atom stereocenters. The van der Waals surface area contributed by atoms with E-state index in [4.69, 9.17) is 29.6 Å². The molecular formula is C7H6ClN3. The van der Waals surface area contributed by atoms with Gasteiger partial charge in [0.05, 0.1) is 12.3 Å². The summed E-state index contributed by atoms with van der Waals surface area (Å²) in [5.74, 6) is 0. The van der Waals surface area contributed by atoms with Crippen LogP contribution in [0.1, 0.15) is 0 Å². The number of nitrogens with two attached hydrogens (primary N) is 2. The first-order chi connectivity index (χ1) is 5.15. The predicted octanol–water partition coefficient (Wildman–Crippen LogP) is 2.06. The van der Waals surface area contributed by atoms with E-state index in [0.717, 1.165) is 0 Å². The van der Waals surface area contributed by atoms with E-state index in [1.165, 1.54) is 12.1 Å². The lowest BCUT2D eigenvalue weighted by atomic mass is 10.2. The van der Waals surface area contributed by atoms with Crippen LogP contribution >= 0.6 is 11.6 Å². The molecule has 0 saturated carbocycles. The molecule has 0 aliphatic heterocycles. The highest BCUT2D eigenvalue weighted by Gasteiger charge is 2.02. The summed E-state index contributed by atoms with van der Waals surface area (Å²) in [6.07, 6.45) is 0. The molecule has 0 amide bonds. The molecule has 3 nitrogen and oxygen atoms in total. The van der Waals surface area contributed by atoms with Crippen LogP contribution in [0, 0.1) is 6.57 Å². The Hall–Kier alpha value is -1.40. The maximum Gasteiger partial charge on any atom is 0.207 e. The van der Waals surface area contributed by atoms with E-state index in [1.54, 1.807) is 0 Å². The minimum absolute atomic E-state index is 0.332. The summed E-state index contributed by atoms with van der Waals surface area (Å²) in [5, 5.41) is 0.340. The Morgan fingerprint density at radius 3 is 2.36 bits per heavy atom. The van der Waals surface area contributed by atoms with Crippen molar-refractivity contribution in [2.24, 2.45) is 0 Å². The van der Waals surface area contributed by atoms with E-state index in [2.05, 4.69) is 4.85 Å². The van der Waals surface area contributed by atoms with Crippen molar-refractivity contribution >= 4 is 28.7 Å². The standard InChI is InChI=1S/C7H6ClN3/c1-11-7-3-6(10)5(9)2-4(7)8/h2-3H,9-10H2. The Morgan fingerprint density at radius 1 is 1.27 bits per heavy atom. The van der Waals surface area contributed by atoms with Gasteiger partial charge < -0.3 is 11.5 Å². The van der Waals surface area contributed by atoms with Gasteiger partial charge in [0.25, 0.3) is 0 Å². The van der Waals surface area contributed by atoms with E-state index in [0.29, 0.717) is 22.1 Å². The van der Waals surface area contributed by atoms with Gasteiger partial charge in [-0.05, 0) is 12.1 Å². The third-order valence-corrected chi connectivity index (χ3v) is 1.58. The number of benzene rings is 1. The van der Waals surface area contributed by atoms with Crippen LogP contribution in [0.15, 0.2) is 12.1 Å². The number of nitrogen functional groups attached to an aromatic ring is 2. The molecule has 0 fully saturated rings. The third-order valence-electron chi connectivity index (χ3n) is 1.27. The second kappa shape index (κ2) is 2.69. The largest absolute Gasteiger partial charge is 0.398 e. The average Bonchev–Trinajstić information content (AvgIpc) is 1.97. The van der Waals surface area contributed by atoms with Crippen LogP contribution < -0.4 is 11.5 Å². The Labute approximate surface area is 69.4 Å². The molecule has 0 saturated heterocycles. The third kappa shape index (κ3) is 1.36. The molecule has 1 aromatic rings. The van der Waals surface area contributed by atoms with Crippen LogP contribution in [0.4, 0.5) is 17.1 Å². The number of hydrogen-bond acceptors (Lipinski definition) is 2. The van der Waals surface area contributed by atoms with Crippen LogP contribution in [0.5, 0.6) is 0 Å². The van der Waals surface area contributed by atoms with Gasteiger partial charge in [0.1, 0.15) is 0 Å². The summed E-state index contributed by atoms with van der Waals surface area (Å²) in [6.45, 7) is 6.70. The predicted molar refractivity (Wildman–Crippen MR) is 46.5 cm³/mol. The summed E-state index contributed by atoms with van der Waals surface area (Å²) < 4.78 is 0. The molecule has 0 heterocycles. The lowest BCUT2D eigenvalue weighted by Crippen LogP contribution is -1.93. The molecule has 0 bridgehead atoms. The fourth-order valence-corrected chi connectivity index (χ4v) is 0.893. The molecule has 4 heteroatoms. The summed E-state index contributed by atoms with van der Waals surface area (Å²) in [6, 6.07) is 2.94. The smallest absolute Gasteiger partial charge is 0.207 e. The molecule has 1 aromatic carbocycles. The average molecular weight is 168 g/mol. The minimum atomic E-state index is 0.332. The van der Waals surface area contributed by atoms with Crippen molar-refractivity contribution in [1.29, 1.82) is 0 Å². The quantitative estimate of drug-likeness (QED) is 0.459. The summed E-state index contributed by atoms with van der Waals surface area (Å²) in [7, 11) is 0. The lowest BCUT2D eigenvalue weighted by Gasteiger charge is -2.00. The van der Waals surface area contributed by atoms with Gasteiger partial charge in [-0.15, -0.1) is 0 Å². The molecular weight excluding hydrogens is 162 g/mol. The summed E-state index contributed by atoms with van der Waals surface area (Å²) in [5.41, 5.74) is 12.0. The van der Waals surface area contributed by atoms with Gasteiger partial charge in [0.15, 0.2) is 0 Å². The molecule has 4 N–H and O–H groups in total. The van der Waals surface area contributed by atoms with E-state index >= 15 is 0 Å². The number of halogens is 1. The summed E-state index contributed by atoms with van der Waals surface area (Å²) >= 11 is 5.65. The monoisotopic (exact) mass is 167 g/mol. The number of anilines is 2. The van der Waals surface area contributed by atoms with Gasteiger partial charge in [-0.25, -0.2) is 4.85 Å². The first-order valence-corrected chi connectivity index (χ1v) is 3.25. The second-order valence-electron chi connectivity index (χ2n) is 2.04. The maximum atomic E-state index is 6.70. The Bertz CT molecular complexity index is 327. The SMILES string of the molecule is [C-]#[N+]c1cc(N)c(N)cc1Cl. The first kappa shape index (κ1) is 7.70. The van der Waals surface area contributed by atoms with Crippen molar-refractivity contribution in [3.63, 3.8) is 0 Å². The van der Waals surface area contributed by atoms with Gasteiger partial charge >= 0.3 is 0 Å². The van der Waals surface area contributed by atoms with Crippen molar-refractivity contribution in [3.05, 3.63) is 28.6 Å². The summed E-state index contributed by atoms with van der Waals surface area (Å²) in [4.78, 5) is 3.15. The number of nitrogens with zero attached hydrogens (tertiary/aromatic N) is 1. The van der Waals surface area contributed by atoms with E-state index in [1.807, 2.05) is 0 Å². The van der Waals surface area contributed by atoms with E-state index < -0.39 is 0 Å². The van der Waals surface area contributed by atoms with E-state index in [-0.39, 0.29) is 0 Å². The highest BCUT2D eigenvalue weighted by Crippen LogP contribution is 2.31. The normalized spacial score (nSPS) is 9.09. The van der Waals surface area contributed by atoms with Crippen molar-refractivity contribution in [2.75, 3.05) is 11.5 Å². The van der Waals surface area contributed by atoms with Crippen molar-refractivity contribution in [3.8, 4) is 0 Å². The molecule has 56 valence electrons. The van der Waals surface area contributed by atoms with Gasteiger partial charge in [0.2, 0.25) is 5.69 Å². The van der Waals surface area contributed by atoms with Crippen molar-refractivity contribution in [2.45, 2.75) is 0 Å². The van der Waals surface area contributed by atoms with E-state index in [9.17, 15) is 0 Å². The molecule has 0 radical (unpaired) electrons. The fourth-order valence-electron chi connectivity index (χ4n) is 0.679. The maximum absolute atomic E-state index is 6.70. The highest BCUT2D eigenvalue weighted by molar-refractivity contribution is 6.33. The zero-order valence-corrected chi connectivity index (χ0v) is 6.39. The van der Waals surface area contributed by atoms with Gasteiger partial charge in [-0.1, -0.05) is 11.6 Å². The topological polar surface area (TPSA) is 56.4 Å². The Kier molecular flexibility index (Phi) is 1.88. The zero-order valence-electron chi connectivity index (χ0n) is 5.63. The van der Waals surface area contributed by atoms with Crippen LogP contribution in [0.2, 0.25) is 5.02 Å². The minimum Gasteiger partial charge on any atom is -0.398 e. The zero-order chi connectivity index (χ0) is 8.43. The van der Waals surface area contributed by atoms with Crippen LogP contribution in [-0.4, -0.2) is 0 Å². The van der Waals surface area contributed by atoms with Crippen molar-refractivity contribution in [1.82, 2.24) is 0 Å². The molecule has 0 aliphatic rings. The molecule has 0 atom stereocenters. The van der Waals surface area contributed by atoms with Crippen molar-refractivity contribution < 1.29 is 0 Å². The van der Waals surface area contributed by atoms with Crippen LogP contribution in [0.25, 0.3) is 4.85 Å². The van der Waals surface area contributed by atoms with Gasteiger partial charge in [-0.2, -0.15) is 0 Å². The molecule has 0 aliphatic carbocycles. The molecule has 1 rings (SSSR count). The molecule has 0 spiro atoms. The molecule has 11 heavy (non-hydrogen) atoms. The van der Waals surface area contributed by atoms with Gasteiger partial charge in [-0.3, -0.25) is 0 Å².